The topological polar surface area (TPSA) is 103 Å². The van der Waals surface area contributed by atoms with Crippen LogP contribution in [0, 0.1) is 0 Å². The molecular weight excluding hydrogens is 426 g/mol. The van der Waals surface area contributed by atoms with Gasteiger partial charge < -0.3 is 24.1 Å². The first-order valence-corrected chi connectivity index (χ1v) is 10.8. The molecule has 1 amide bonds. The number of amides is 1. The van der Waals surface area contributed by atoms with Gasteiger partial charge in [-0.05, 0) is 63.1 Å². The molecule has 2 N–H and O–H groups in total. The zero-order valence-electron chi connectivity index (χ0n) is 19.8. The Labute approximate surface area is 194 Å². The highest BCUT2D eigenvalue weighted by atomic mass is 16.6. The Morgan fingerprint density at radius 2 is 1.70 bits per heavy atom. The highest BCUT2D eigenvalue weighted by Crippen LogP contribution is 2.29. The molecule has 2 aromatic carbocycles. The van der Waals surface area contributed by atoms with Gasteiger partial charge in [0.15, 0.2) is 17.6 Å². The van der Waals surface area contributed by atoms with Crippen LogP contribution >= 0.6 is 0 Å². The molecule has 2 rings (SSSR count). The van der Waals surface area contributed by atoms with E-state index in [-0.39, 0.29) is 6.42 Å². The van der Waals surface area contributed by atoms with E-state index in [0.717, 1.165) is 11.1 Å². The summed E-state index contributed by atoms with van der Waals surface area (Å²) >= 11 is 0. The Morgan fingerprint density at radius 3 is 2.27 bits per heavy atom. The van der Waals surface area contributed by atoms with Crippen LogP contribution in [-0.2, 0) is 27.1 Å². The number of aliphatic carboxylic acids is 1. The molecule has 0 aliphatic heterocycles. The molecule has 0 aliphatic carbocycles. The van der Waals surface area contributed by atoms with Crippen LogP contribution in [-0.4, -0.2) is 49.2 Å². The van der Waals surface area contributed by atoms with Gasteiger partial charge in [0.1, 0.15) is 5.60 Å². The van der Waals surface area contributed by atoms with Crippen molar-refractivity contribution < 1.29 is 33.6 Å². The van der Waals surface area contributed by atoms with Gasteiger partial charge in [0.2, 0.25) is 0 Å². The average molecular weight is 460 g/mol. The van der Waals surface area contributed by atoms with Crippen molar-refractivity contribution in [2.75, 3.05) is 25.6 Å². The summed E-state index contributed by atoms with van der Waals surface area (Å²) < 4.78 is 21.8. The average Bonchev–Trinajstić information content (AvgIpc) is 2.73. The lowest BCUT2D eigenvalue weighted by Crippen LogP contribution is -2.27. The number of hydrogen-bond donors (Lipinski definition) is 2. The Balaban J connectivity index is 1.95. The summed E-state index contributed by atoms with van der Waals surface area (Å²) in [7, 11) is 1.55. The van der Waals surface area contributed by atoms with E-state index in [1.165, 1.54) is 0 Å². The lowest BCUT2D eigenvalue weighted by Gasteiger charge is -2.19. The third-order valence-corrected chi connectivity index (χ3v) is 4.54. The molecule has 1 unspecified atom stereocenters. The number of benzene rings is 2. The van der Waals surface area contributed by atoms with Crippen molar-refractivity contribution in [2.24, 2.45) is 0 Å². The second-order valence-corrected chi connectivity index (χ2v) is 8.39. The molecule has 0 spiro atoms. The van der Waals surface area contributed by atoms with E-state index in [1.807, 2.05) is 32.9 Å². The molecule has 0 saturated carbocycles. The second-order valence-electron chi connectivity index (χ2n) is 8.39. The standard InChI is InChI=1S/C25H33NO7/c1-6-31-22(23(27)28)16-18-9-12-20(30-5)21(15-18)32-14-13-17-7-10-19(11-8-17)26-24(29)33-25(2,3)4/h7-12,15,22H,6,13-14,16H2,1-5H3,(H,26,29)(H,27,28). The fourth-order valence-corrected chi connectivity index (χ4v) is 3.05. The van der Waals surface area contributed by atoms with Crippen molar-refractivity contribution in [1.29, 1.82) is 0 Å². The van der Waals surface area contributed by atoms with Gasteiger partial charge in [0, 0.05) is 25.1 Å². The van der Waals surface area contributed by atoms with Crippen molar-refractivity contribution in [3.05, 3.63) is 53.6 Å². The number of carbonyl (C=O) groups excluding carboxylic acids is 1. The number of hydrogen-bond acceptors (Lipinski definition) is 6. The van der Waals surface area contributed by atoms with Gasteiger partial charge in [-0.2, -0.15) is 0 Å². The summed E-state index contributed by atoms with van der Waals surface area (Å²) in [5.74, 6) is 0.109. The van der Waals surface area contributed by atoms with Crippen LogP contribution in [0.15, 0.2) is 42.5 Å². The largest absolute Gasteiger partial charge is 0.493 e. The molecule has 0 aliphatic rings. The molecule has 0 aromatic heterocycles. The molecule has 0 radical (unpaired) electrons. The first kappa shape index (κ1) is 26.0. The predicted octanol–water partition coefficient (Wildman–Crippen LogP) is 4.70. The minimum absolute atomic E-state index is 0.232. The first-order chi connectivity index (χ1) is 15.6. The summed E-state index contributed by atoms with van der Waals surface area (Å²) in [5.41, 5.74) is 1.90. The van der Waals surface area contributed by atoms with Gasteiger partial charge in [0.25, 0.3) is 0 Å². The van der Waals surface area contributed by atoms with Crippen LogP contribution < -0.4 is 14.8 Å². The van der Waals surface area contributed by atoms with Crippen LogP contribution in [0.25, 0.3) is 0 Å². The normalized spacial score (nSPS) is 12.0. The minimum atomic E-state index is -1.00. The molecule has 0 saturated heterocycles. The Kier molecular flexibility index (Phi) is 9.54. The van der Waals surface area contributed by atoms with E-state index in [4.69, 9.17) is 18.9 Å². The van der Waals surface area contributed by atoms with Crippen LogP contribution in [0.2, 0.25) is 0 Å². The van der Waals surface area contributed by atoms with Gasteiger partial charge in [-0.25, -0.2) is 9.59 Å². The molecule has 1 atom stereocenters. The second kappa shape index (κ2) is 12.1. The van der Waals surface area contributed by atoms with Crippen molar-refractivity contribution in [2.45, 2.75) is 52.2 Å². The third kappa shape index (κ3) is 9.02. The summed E-state index contributed by atoms with van der Waals surface area (Å²) in [6.45, 7) is 7.91. The van der Waals surface area contributed by atoms with Gasteiger partial charge in [-0.1, -0.05) is 18.2 Å². The number of nitrogens with one attached hydrogen (secondary N) is 1. The molecule has 33 heavy (non-hydrogen) atoms. The quantitative estimate of drug-likeness (QED) is 0.502. The van der Waals surface area contributed by atoms with Gasteiger partial charge >= 0.3 is 12.1 Å². The van der Waals surface area contributed by atoms with Crippen molar-refractivity contribution in [3.8, 4) is 11.5 Å². The van der Waals surface area contributed by atoms with E-state index < -0.39 is 23.8 Å². The van der Waals surface area contributed by atoms with Crippen molar-refractivity contribution in [1.82, 2.24) is 0 Å². The Hall–Kier alpha value is -3.26. The van der Waals surface area contributed by atoms with Crippen LogP contribution in [0.3, 0.4) is 0 Å². The monoisotopic (exact) mass is 459 g/mol. The van der Waals surface area contributed by atoms with E-state index in [9.17, 15) is 14.7 Å². The van der Waals surface area contributed by atoms with Crippen LogP contribution in [0.4, 0.5) is 10.5 Å². The number of carbonyl (C=O) groups is 2. The maximum Gasteiger partial charge on any atom is 0.412 e. The zero-order valence-corrected chi connectivity index (χ0v) is 19.8. The van der Waals surface area contributed by atoms with E-state index in [1.54, 1.807) is 44.4 Å². The molecule has 0 bridgehead atoms. The number of ether oxygens (including phenoxy) is 4. The fourth-order valence-electron chi connectivity index (χ4n) is 3.05. The highest BCUT2D eigenvalue weighted by Gasteiger charge is 2.19. The van der Waals surface area contributed by atoms with Crippen LogP contribution in [0.5, 0.6) is 11.5 Å². The lowest BCUT2D eigenvalue weighted by molar-refractivity contribution is -0.149. The maximum absolute atomic E-state index is 11.9. The van der Waals surface area contributed by atoms with E-state index >= 15 is 0 Å². The Morgan fingerprint density at radius 1 is 1.03 bits per heavy atom. The van der Waals surface area contributed by atoms with Crippen LogP contribution in [0.1, 0.15) is 38.8 Å². The Bertz CT molecular complexity index is 919. The fraction of sp³-hybridized carbons (Fsp3) is 0.440. The number of carboxylic acid groups (broad SMARTS) is 1. The SMILES string of the molecule is CCOC(Cc1ccc(OC)c(OCCc2ccc(NC(=O)OC(C)(C)C)cc2)c1)C(=O)O. The number of rotatable bonds is 11. The number of methoxy groups -OCH3 is 1. The van der Waals surface area contributed by atoms with E-state index in [0.29, 0.717) is 36.8 Å². The zero-order chi connectivity index (χ0) is 24.4. The van der Waals surface area contributed by atoms with Gasteiger partial charge in [0.05, 0.1) is 13.7 Å². The molecule has 8 heteroatoms. The lowest BCUT2D eigenvalue weighted by atomic mass is 10.1. The summed E-state index contributed by atoms with van der Waals surface area (Å²) in [4.78, 5) is 23.2. The van der Waals surface area contributed by atoms with Crippen molar-refractivity contribution >= 4 is 17.7 Å². The summed E-state index contributed by atoms with van der Waals surface area (Å²) in [5, 5.41) is 12.0. The molecule has 0 heterocycles. The third-order valence-electron chi connectivity index (χ3n) is 4.54. The maximum atomic E-state index is 11.9. The van der Waals surface area contributed by atoms with E-state index in [2.05, 4.69) is 5.32 Å². The smallest absolute Gasteiger partial charge is 0.412 e. The molecule has 180 valence electrons. The number of anilines is 1. The number of carboxylic acids is 1. The molecule has 2 aromatic rings. The highest BCUT2D eigenvalue weighted by molar-refractivity contribution is 5.84. The molecular formula is C25H33NO7. The van der Waals surface area contributed by atoms with Gasteiger partial charge in [-0.15, -0.1) is 0 Å². The predicted molar refractivity (Wildman–Crippen MR) is 125 cm³/mol. The van der Waals surface area contributed by atoms with Crippen molar-refractivity contribution in [3.63, 3.8) is 0 Å². The molecule has 8 nitrogen and oxygen atoms in total. The first-order valence-electron chi connectivity index (χ1n) is 10.8. The summed E-state index contributed by atoms with van der Waals surface area (Å²) in [6.07, 6.45) is -0.545. The van der Waals surface area contributed by atoms with Gasteiger partial charge in [-0.3, -0.25) is 5.32 Å². The molecule has 0 fully saturated rings. The summed E-state index contributed by atoms with van der Waals surface area (Å²) in [6, 6.07) is 12.8. The minimum Gasteiger partial charge on any atom is -0.493 e.